The van der Waals surface area contributed by atoms with Crippen LogP contribution in [0.25, 0.3) is 0 Å². The van der Waals surface area contributed by atoms with Crippen molar-refractivity contribution in [1.82, 2.24) is 0 Å². The quantitative estimate of drug-likeness (QED) is 0.893. The Labute approximate surface area is 95.5 Å². The number of hydrogen-bond donors (Lipinski definition) is 1. The lowest BCUT2D eigenvalue weighted by Gasteiger charge is -2.10. The summed E-state index contributed by atoms with van der Waals surface area (Å²) in [5.41, 5.74) is 1.48. The first-order valence-electron chi connectivity index (χ1n) is 4.57. The molecule has 0 aromatic heterocycles. The zero-order chi connectivity index (χ0) is 11.6. The van der Waals surface area contributed by atoms with Gasteiger partial charge in [-0.3, -0.25) is 4.72 Å². The molecule has 0 atom stereocenters. The molecular formula is C10H14ClNO2S. The van der Waals surface area contributed by atoms with Crippen molar-refractivity contribution in [1.29, 1.82) is 0 Å². The summed E-state index contributed by atoms with van der Waals surface area (Å²) >= 11 is 5.88. The molecule has 0 heterocycles. The van der Waals surface area contributed by atoms with Crippen molar-refractivity contribution in [3.63, 3.8) is 0 Å². The summed E-state index contributed by atoms with van der Waals surface area (Å²) in [5.74, 6) is 0.336. The fraction of sp³-hybridized carbons (Fsp3) is 0.400. The van der Waals surface area contributed by atoms with Gasteiger partial charge in [-0.2, -0.15) is 0 Å². The van der Waals surface area contributed by atoms with E-state index in [1.165, 1.54) is 0 Å². The van der Waals surface area contributed by atoms with E-state index in [1.807, 2.05) is 19.9 Å². The molecule has 0 radical (unpaired) electrons. The minimum atomic E-state index is -3.28. The Hall–Kier alpha value is -0.740. The Bertz CT molecular complexity index is 454. The minimum absolute atomic E-state index is 0.336. The standard InChI is InChI=1S/C10H14ClNO2S/c1-7(2)8-4-5-9(11)10(6-8)12-15(3,13)14/h4-7,12H,1-3H3. The van der Waals surface area contributed by atoms with Crippen molar-refractivity contribution >= 4 is 27.3 Å². The van der Waals surface area contributed by atoms with Gasteiger partial charge in [0.2, 0.25) is 10.0 Å². The number of rotatable bonds is 3. The molecule has 0 spiro atoms. The maximum Gasteiger partial charge on any atom is 0.229 e. The SMILES string of the molecule is CC(C)c1ccc(Cl)c(NS(C)(=O)=O)c1. The summed E-state index contributed by atoms with van der Waals surface area (Å²) in [6.45, 7) is 4.07. The van der Waals surface area contributed by atoms with Crippen LogP contribution in [0.2, 0.25) is 5.02 Å². The van der Waals surface area contributed by atoms with Gasteiger partial charge in [-0.05, 0) is 23.6 Å². The molecule has 0 bridgehead atoms. The predicted octanol–water partition coefficient (Wildman–Crippen LogP) is 2.83. The zero-order valence-electron chi connectivity index (χ0n) is 8.91. The lowest BCUT2D eigenvalue weighted by Crippen LogP contribution is -2.10. The molecular weight excluding hydrogens is 234 g/mol. The number of sulfonamides is 1. The average Bonchev–Trinajstić information content (AvgIpc) is 2.06. The largest absolute Gasteiger partial charge is 0.282 e. The lowest BCUT2D eigenvalue weighted by atomic mass is 10.0. The van der Waals surface area contributed by atoms with E-state index < -0.39 is 10.0 Å². The number of benzene rings is 1. The van der Waals surface area contributed by atoms with Gasteiger partial charge in [0.1, 0.15) is 0 Å². The Balaban J connectivity index is 3.11. The summed E-state index contributed by atoms with van der Waals surface area (Å²) in [5, 5.41) is 0.407. The van der Waals surface area contributed by atoms with Crippen LogP contribution in [0.4, 0.5) is 5.69 Å². The topological polar surface area (TPSA) is 46.2 Å². The van der Waals surface area contributed by atoms with Crippen LogP contribution >= 0.6 is 11.6 Å². The summed E-state index contributed by atoms with van der Waals surface area (Å²) in [6.07, 6.45) is 1.10. The molecule has 0 saturated heterocycles. The van der Waals surface area contributed by atoms with Crippen LogP contribution in [0.1, 0.15) is 25.3 Å². The third-order valence-electron chi connectivity index (χ3n) is 1.95. The summed E-state index contributed by atoms with van der Waals surface area (Å²) in [6, 6.07) is 5.35. The Morgan fingerprint density at radius 2 is 1.93 bits per heavy atom. The highest BCUT2D eigenvalue weighted by molar-refractivity contribution is 7.92. The Morgan fingerprint density at radius 3 is 2.40 bits per heavy atom. The second kappa shape index (κ2) is 4.41. The number of nitrogens with one attached hydrogen (secondary N) is 1. The third kappa shape index (κ3) is 3.72. The van der Waals surface area contributed by atoms with Gasteiger partial charge < -0.3 is 0 Å². The molecule has 0 amide bonds. The van der Waals surface area contributed by atoms with Gasteiger partial charge in [-0.15, -0.1) is 0 Å². The van der Waals surface area contributed by atoms with E-state index in [-0.39, 0.29) is 0 Å². The molecule has 0 aliphatic carbocycles. The Morgan fingerprint density at radius 1 is 1.33 bits per heavy atom. The fourth-order valence-corrected chi connectivity index (χ4v) is 1.97. The number of anilines is 1. The van der Waals surface area contributed by atoms with Gasteiger partial charge in [0.05, 0.1) is 17.0 Å². The molecule has 0 aliphatic heterocycles. The molecule has 0 fully saturated rings. The van der Waals surface area contributed by atoms with Crippen LogP contribution in [0.5, 0.6) is 0 Å². The normalized spacial score (nSPS) is 11.8. The van der Waals surface area contributed by atoms with Crippen molar-refractivity contribution in [3.05, 3.63) is 28.8 Å². The molecule has 1 rings (SSSR count). The summed E-state index contributed by atoms with van der Waals surface area (Å²) < 4.78 is 24.5. The maximum absolute atomic E-state index is 11.1. The molecule has 5 heteroatoms. The van der Waals surface area contributed by atoms with Gasteiger partial charge in [0.15, 0.2) is 0 Å². The molecule has 1 aromatic carbocycles. The first-order valence-corrected chi connectivity index (χ1v) is 6.84. The van der Waals surface area contributed by atoms with Gasteiger partial charge in [-0.1, -0.05) is 31.5 Å². The number of hydrogen-bond acceptors (Lipinski definition) is 2. The minimum Gasteiger partial charge on any atom is -0.282 e. The average molecular weight is 248 g/mol. The van der Waals surface area contributed by atoms with E-state index in [2.05, 4.69) is 4.72 Å². The van der Waals surface area contributed by atoms with Crippen molar-refractivity contribution in [2.45, 2.75) is 19.8 Å². The predicted molar refractivity (Wildman–Crippen MR) is 64.0 cm³/mol. The van der Waals surface area contributed by atoms with Crippen molar-refractivity contribution in [2.24, 2.45) is 0 Å². The maximum atomic E-state index is 11.1. The van der Waals surface area contributed by atoms with E-state index in [9.17, 15) is 8.42 Å². The van der Waals surface area contributed by atoms with Crippen LogP contribution in [-0.4, -0.2) is 14.7 Å². The van der Waals surface area contributed by atoms with Crippen LogP contribution in [0.3, 0.4) is 0 Å². The van der Waals surface area contributed by atoms with E-state index in [1.54, 1.807) is 12.1 Å². The summed E-state index contributed by atoms with van der Waals surface area (Å²) in [7, 11) is -3.28. The third-order valence-corrected chi connectivity index (χ3v) is 2.87. The van der Waals surface area contributed by atoms with Crippen LogP contribution < -0.4 is 4.72 Å². The smallest absolute Gasteiger partial charge is 0.229 e. The molecule has 3 nitrogen and oxygen atoms in total. The van der Waals surface area contributed by atoms with E-state index in [0.29, 0.717) is 16.6 Å². The highest BCUT2D eigenvalue weighted by atomic mass is 35.5. The first kappa shape index (κ1) is 12.3. The highest BCUT2D eigenvalue weighted by Gasteiger charge is 2.08. The molecule has 84 valence electrons. The summed E-state index contributed by atoms with van der Waals surface area (Å²) in [4.78, 5) is 0. The van der Waals surface area contributed by atoms with Crippen molar-refractivity contribution in [3.8, 4) is 0 Å². The zero-order valence-corrected chi connectivity index (χ0v) is 10.5. The second-order valence-electron chi connectivity index (χ2n) is 3.77. The van der Waals surface area contributed by atoms with Gasteiger partial charge in [0, 0.05) is 0 Å². The molecule has 1 N–H and O–H groups in total. The van der Waals surface area contributed by atoms with Gasteiger partial charge >= 0.3 is 0 Å². The second-order valence-corrected chi connectivity index (χ2v) is 5.92. The number of halogens is 1. The van der Waals surface area contributed by atoms with Crippen molar-refractivity contribution in [2.75, 3.05) is 11.0 Å². The fourth-order valence-electron chi connectivity index (χ4n) is 1.18. The van der Waals surface area contributed by atoms with Crippen LogP contribution in [0, 0.1) is 0 Å². The molecule has 0 aliphatic rings. The van der Waals surface area contributed by atoms with Gasteiger partial charge in [0.25, 0.3) is 0 Å². The van der Waals surface area contributed by atoms with E-state index >= 15 is 0 Å². The lowest BCUT2D eigenvalue weighted by molar-refractivity contribution is 0.607. The molecule has 15 heavy (non-hydrogen) atoms. The highest BCUT2D eigenvalue weighted by Crippen LogP contribution is 2.27. The first-order chi connectivity index (χ1) is 6.79. The van der Waals surface area contributed by atoms with Gasteiger partial charge in [-0.25, -0.2) is 8.42 Å². The molecule has 0 unspecified atom stereocenters. The van der Waals surface area contributed by atoms with Crippen LogP contribution in [0.15, 0.2) is 18.2 Å². The van der Waals surface area contributed by atoms with Crippen molar-refractivity contribution < 1.29 is 8.42 Å². The molecule has 1 aromatic rings. The van der Waals surface area contributed by atoms with E-state index in [0.717, 1.165) is 11.8 Å². The monoisotopic (exact) mass is 247 g/mol. The van der Waals surface area contributed by atoms with E-state index in [4.69, 9.17) is 11.6 Å². The van der Waals surface area contributed by atoms with Crippen LogP contribution in [-0.2, 0) is 10.0 Å². The Kier molecular flexibility index (Phi) is 3.62. The molecule has 0 saturated carbocycles.